The molecule has 0 aliphatic carbocycles. The summed E-state index contributed by atoms with van der Waals surface area (Å²) in [5.74, 6) is 0. The van der Waals surface area contributed by atoms with E-state index in [-0.39, 0.29) is 4.75 Å². The van der Waals surface area contributed by atoms with Gasteiger partial charge >= 0.3 is 0 Å². The number of aryl methyl sites for hydroxylation is 1. The van der Waals surface area contributed by atoms with Crippen LogP contribution in [0.1, 0.15) is 32.8 Å². The van der Waals surface area contributed by atoms with Gasteiger partial charge in [0, 0.05) is 23.0 Å². The van der Waals surface area contributed by atoms with E-state index in [2.05, 4.69) is 56.2 Å². The molecule has 0 aliphatic rings. The minimum absolute atomic E-state index is 0.203. The Morgan fingerprint density at radius 2 is 1.95 bits per heavy atom. The van der Waals surface area contributed by atoms with Crippen molar-refractivity contribution in [2.75, 3.05) is 19.1 Å². The maximum absolute atomic E-state index is 9.03. The first-order valence-electron chi connectivity index (χ1n) is 7.61. The predicted molar refractivity (Wildman–Crippen MR) is 96.4 cm³/mol. The fourth-order valence-corrected chi connectivity index (χ4v) is 3.02. The molecule has 0 bridgehead atoms. The van der Waals surface area contributed by atoms with Crippen molar-refractivity contribution in [2.45, 2.75) is 38.5 Å². The number of rotatable bonds is 5. The average Bonchev–Trinajstić information content (AvgIpc) is 2.84. The lowest BCUT2D eigenvalue weighted by Crippen LogP contribution is -2.25. The van der Waals surface area contributed by atoms with Crippen molar-refractivity contribution in [3.8, 4) is 6.07 Å². The SMILES string of the molecule is CC(C)(C)S(C)(C)OCCCn1ccc2ccc(C#N)cc21. The maximum atomic E-state index is 9.03. The summed E-state index contributed by atoms with van der Waals surface area (Å²) >= 11 is 0. The molecule has 0 spiro atoms. The Kier molecular flexibility index (Phi) is 4.89. The summed E-state index contributed by atoms with van der Waals surface area (Å²) in [5.41, 5.74) is 1.84. The molecule has 0 radical (unpaired) electrons. The smallest absolute Gasteiger partial charge is 0.0992 e. The predicted octanol–water partition coefficient (Wildman–Crippen LogP) is 4.70. The normalized spacial score (nSPS) is 13.3. The van der Waals surface area contributed by atoms with Crippen molar-refractivity contribution in [1.82, 2.24) is 4.57 Å². The summed E-state index contributed by atoms with van der Waals surface area (Å²) in [4.78, 5) is 0. The lowest BCUT2D eigenvalue weighted by Gasteiger charge is -2.43. The van der Waals surface area contributed by atoms with Gasteiger partial charge in [-0.2, -0.15) is 5.26 Å². The maximum Gasteiger partial charge on any atom is 0.0992 e. The molecule has 1 aromatic carbocycles. The van der Waals surface area contributed by atoms with Gasteiger partial charge in [0.25, 0.3) is 0 Å². The van der Waals surface area contributed by atoms with Gasteiger partial charge in [0.05, 0.1) is 18.2 Å². The topological polar surface area (TPSA) is 38.0 Å². The van der Waals surface area contributed by atoms with Crippen molar-refractivity contribution >= 4 is 21.2 Å². The number of nitrogens with zero attached hydrogens (tertiary/aromatic N) is 2. The van der Waals surface area contributed by atoms with Gasteiger partial charge in [-0.15, -0.1) is 10.3 Å². The molecule has 0 fully saturated rings. The third-order valence-electron chi connectivity index (χ3n) is 4.30. The zero-order chi connectivity index (χ0) is 16.4. The fraction of sp³-hybridized carbons (Fsp3) is 0.500. The summed E-state index contributed by atoms with van der Waals surface area (Å²) in [5, 5.41) is 10.2. The van der Waals surface area contributed by atoms with Gasteiger partial charge in [0.15, 0.2) is 0 Å². The molecule has 22 heavy (non-hydrogen) atoms. The quantitative estimate of drug-likeness (QED) is 0.750. The van der Waals surface area contributed by atoms with Crippen LogP contribution in [-0.2, 0) is 10.7 Å². The molecule has 3 nitrogen and oxygen atoms in total. The standard InChI is InChI=1S/C18H26N2OS/c1-18(2,3)22(4,5)21-12-6-10-20-11-9-16-8-7-15(14-19)13-17(16)20/h7-9,11,13H,6,10,12H2,1-5H3. The summed E-state index contributed by atoms with van der Waals surface area (Å²) in [6.07, 6.45) is 7.54. The third kappa shape index (κ3) is 3.66. The third-order valence-corrected chi connectivity index (χ3v) is 8.00. The van der Waals surface area contributed by atoms with Gasteiger partial charge in [0.2, 0.25) is 0 Å². The molecule has 2 rings (SSSR count). The van der Waals surface area contributed by atoms with Crippen LogP contribution in [0.25, 0.3) is 10.9 Å². The highest BCUT2D eigenvalue weighted by molar-refractivity contribution is 8.29. The number of nitriles is 1. The Balaban J connectivity index is 1.97. The molecule has 1 aromatic heterocycles. The molecular formula is C18H26N2OS. The number of benzene rings is 1. The number of hydrogen-bond donors (Lipinski definition) is 0. The average molecular weight is 318 g/mol. The molecule has 0 aliphatic heterocycles. The van der Waals surface area contributed by atoms with Gasteiger partial charge in [-0.3, -0.25) is 0 Å². The molecular weight excluding hydrogens is 292 g/mol. The molecule has 0 atom stereocenters. The van der Waals surface area contributed by atoms with E-state index in [0.717, 1.165) is 25.1 Å². The zero-order valence-corrected chi connectivity index (χ0v) is 15.0. The molecule has 0 saturated heterocycles. The number of fused-ring (bicyclic) bond motifs is 1. The summed E-state index contributed by atoms with van der Waals surface area (Å²) in [6, 6.07) is 10.1. The lowest BCUT2D eigenvalue weighted by molar-refractivity contribution is 0.331. The molecule has 0 saturated carbocycles. The molecule has 0 N–H and O–H groups in total. The Morgan fingerprint density at radius 1 is 1.23 bits per heavy atom. The first-order valence-corrected chi connectivity index (χ1v) is 9.98. The van der Waals surface area contributed by atoms with Gasteiger partial charge in [-0.1, -0.05) is 26.8 Å². The second kappa shape index (κ2) is 6.36. The largest absolute Gasteiger partial charge is 0.347 e. The number of aromatic nitrogens is 1. The van der Waals surface area contributed by atoms with Crippen molar-refractivity contribution < 1.29 is 4.18 Å². The first-order chi connectivity index (χ1) is 10.2. The Labute approximate surface area is 135 Å². The van der Waals surface area contributed by atoms with E-state index in [1.54, 1.807) is 0 Å². The molecule has 2 aromatic rings. The van der Waals surface area contributed by atoms with E-state index in [9.17, 15) is 0 Å². The van der Waals surface area contributed by atoms with Gasteiger partial charge in [0.1, 0.15) is 0 Å². The Morgan fingerprint density at radius 3 is 2.59 bits per heavy atom. The second-order valence-corrected chi connectivity index (χ2v) is 10.8. The molecule has 4 heteroatoms. The summed E-state index contributed by atoms with van der Waals surface area (Å²) in [7, 11) is -1.04. The van der Waals surface area contributed by atoms with Crippen LogP contribution in [-0.4, -0.2) is 28.4 Å². The molecule has 0 unspecified atom stereocenters. The van der Waals surface area contributed by atoms with Crippen molar-refractivity contribution in [3.05, 3.63) is 36.0 Å². The summed E-state index contributed by atoms with van der Waals surface area (Å²) < 4.78 is 8.58. The Hall–Kier alpha value is -1.44. The van der Waals surface area contributed by atoms with E-state index >= 15 is 0 Å². The lowest BCUT2D eigenvalue weighted by atomic mass is 10.2. The van der Waals surface area contributed by atoms with Crippen LogP contribution in [0, 0.1) is 11.3 Å². The molecule has 120 valence electrons. The van der Waals surface area contributed by atoms with Gasteiger partial charge in [-0.25, -0.2) is 0 Å². The highest BCUT2D eigenvalue weighted by Crippen LogP contribution is 2.53. The van der Waals surface area contributed by atoms with Crippen LogP contribution in [0.2, 0.25) is 0 Å². The summed E-state index contributed by atoms with van der Waals surface area (Å²) in [6.45, 7) is 8.41. The zero-order valence-electron chi connectivity index (χ0n) is 14.2. The monoisotopic (exact) mass is 318 g/mol. The second-order valence-electron chi connectivity index (χ2n) is 6.92. The fourth-order valence-electron chi connectivity index (χ4n) is 2.13. The van der Waals surface area contributed by atoms with Crippen molar-refractivity contribution in [1.29, 1.82) is 5.26 Å². The highest BCUT2D eigenvalue weighted by Gasteiger charge is 2.28. The van der Waals surface area contributed by atoms with Gasteiger partial charge < -0.3 is 8.75 Å². The van der Waals surface area contributed by atoms with Crippen LogP contribution >= 0.6 is 10.3 Å². The molecule has 0 amide bonds. The van der Waals surface area contributed by atoms with Crippen LogP contribution in [0.5, 0.6) is 0 Å². The minimum Gasteiger partial charge on any atom is -0.347 e. The number of hydrogen-bond acceptors (Lipinski definition) is 2. The van der Waals surface area contributed by atoms with E-state index in [1.165, 1.54) is 5.39 Å². The van der Waals surface area contributed by atoms with Crippen LogP contribution < -0.4 is 0 Å². The van der Waals surface area contributed by atoms with Crippen LogP contribution in [0.3, 0.4) is 0 Å². The van der Waals surface area contributed by atoms with Crippen molar-refractivity contribution in [2.24, 2.45) is 0 Å². The molecule has 1 heterocycles. The van der Waals surface area contributed by atoms with Gasteiger partial charge in [-0.05, 0) is 42.5 Å². The first kappa shape index (κ1) is 16.9. The highest BCUT2D eigenvalue weighted by atomic mass is 32.3. The Bertz CT molecular complexity index is 689. The minimum atomic E-state index is -1.04. The van der Waals surface area contributed by atoms with E-state index in [0.29, 0.717) is 5.56 Å². The van der Waals surface area contributed by atoms with E-state index in [4.69, 9.17) is 9.44 Å². The van der Waals surface area contributed by atoms with E-state index < -0.39 is 10.3 Å². The van der Waals surface area contributed by atoms with Crippen LogP contribution in [0.4, 0.5) is 0 Å². The van der Waals surface area contributed by atoms with E-state index in [1.807, 2.05) is 18.2 Å². The van der Waals surface area contributed by atoms with Crippen molar-refractivity contribution in [3.63, 3.8) is 0 Å². The van der Waals surface area contributed by atoms with Crippen LogP contribution in [0.15, 0.2) is 30.5 Å².